The lowest BCUT2D eigenvalue weighted by molar-refractivity contribution is 0.0964. The minimum absolute atomic E-state index is 0.0950. The normalized spacial score (nSPS) is 9.53. The lowest BCUT2D eigenvalue weighted by Gasteiger charge is -2.11. The van der Waals surface area contributed by atoms with E-state index in [0.717, 1.165) is 16.9 Å². The van der Waals surface area contributed by atoms with E-state index in [4.69, 9.17) is 0 Å². The minimum Gasteiger partial charge on any atom is -0.359 e. The van der Waals surface area contributed by atoms with Crippen LogP contribution in [0.1, 0.15) is 22.8 Å². The number of allylic oxidation sites excluding steroid dienone is 1. The van der Waals surface area contributed by atoms with Crippen molar-refractivity contribution in [3.63, 3.8) is 0 Å². The van der Waals surface area contributed by atoms with Gasteiger partial charge in [-0.2, -0.15) is 0 Å². The molecule has 0 atom stereocenters. The van der Waals surface area contributed by atoms with Crippen molar-refractivity contribution < 1.29 is 4.79 Å². The predicted octanol–water partition coefficient (Wildman–Crippen LogP) is 2.30. The maximum absolute atomic E-state index is 11.6. The van der Waals surface area contributed by atoms with Gasteiger partial charge in [0, 0.05) is 12.7 Å². The summed E-state index contributed by atoms with van der Waals surface area (Å²) in [6, 6.07) is 5.69. The van der Waals surface area contributed by atoms with Crippen LogP contribution in [0.25, 0.3) is 0 Å². The monoisotopic (exact) mass is 204 g/mol. The zero-order valence-corrected chi connectivity index (χ0v) is 9.35. The fourth-order valence-electron chi connectivity index (χ4n) is 1.32. The van der Waals surface area contributed by atoms with Crippen LogP contribution in [0.5, 0.6) is 0 Å². The topological polar surface area (TPSA) is 41.1 Å². The molecule has 0 saturated heterocycles. The highest BCUT2D eigenvalue weighted by molar-refractivity contribution is 5.99. The van der Waals surface area contributed by atoms with Gasteiger partial charge in [0.15, 0.2) is 0 Å². The molecule has 1 amide bonds. The van der Waals surface area contributed by atoms with Gasteiger partial charge in [0.2, 0.25) is 0 Å². The van der Waals surface area contributed by atoms with E-state index in [1.807, 2.05) is 32.0 Å². The Labute approximate surface area is 90.2 Å². The lowest BCUT2D eigenvalue weighted by atomic mass is 10.1. The molecule has 0 bridgehead atoms. The Hall–Kier alpha value is -1.77. The Morgan fingerprint density at radius 1 is 1.40 bits per heavy atom. The quantitative estimate of drug-likeness (QED) is 0.793. The summed E-state index contributed by atoms with van der Waals surface area (Å²) in [5.41, 5.74) is 3.29. The molecule has 1 aromatic carbocycles. The number of hydrogen-bond donors (Lipinski definition) is 2. The van der Waals surface area contributed by atoms with Crippen LogP contribution in [0.2, 0.25) is 0 Å². The van der Waals surface area contributed by atoms with E-state index in [9.17, 15) is 4.79 Å². The number of carbonyl (C=O) groups excluding carboxylic acids is 1. The summed E-state index contributed by atoms with van der Waals surface area (Å²) in [6.07, 6.45) is 0. The third-order valence-corrected chi connectivity index (χ3v) is 1.99. The van der Waals surface area contributed by atoms with Crippen LogP contribution in [0, 0.1) is 6.92 Å². The summed E-state index contributed by atoms with van der Waals surface area (Å²) >= 11 is 0. The summed E-state index contributed by atoms with van der Waals surface area (Å²) in [5, 5.41) is 5.67. The van der Waals surface area contributed by atoms with Gasteiger partial charge in [0.05, 0.1) is 11.3 Å². The molecule has 0 aromatic heterocycles. The van der Waals surface area contributed by atoms with Crippen LogP contribution in [0.15, 0.2) is 30.5 Å². The molecule has 0 unspecified atom stereocenters. The highest BCUT2D eigenvalue weighted by Crippen LogP contribution is 2.18. The van der Waals surface area contributed by atoms with Crippen LogP contribution in [0.4, 0.5) is 5.69 Å². The smallest absolute Gasteiger partial charge is 0.253 e. The molecule has 1 rings (SSSR count). The Bertz CT molecular complexity index is 397. The van der Waals surface area contributed by atoms with E-state index in [-0.39, 0.29) is 5.91 Å². The van der Waals surface area contributed by atoms with Gasteiger partial charge in [-0.05, 0) is 26.0 Å². The molecule has 2 N–H and O–H groups in total. The third kappa shape index (κ3) is 2.84. The molecule has 3 heteroatoms. The van der Waals surface area contributed by atoms with Crippen molar-refractivity contribution in [3.8, 4) is 0 Å². The van der Waals surface area contributed by atoms with Crippen molar-refractivity contribution in [3.05, 3.63) is 41.6 Å². The summed E-state index contributed by atoms with van der Waals surface area (Å²) in [5.74, 6) is -0.0950. The van der Waals surface area contributed by atoms with Gasteiger partial charge in [-0.15, -0.1) is 0 Å². The van der Waals surface area contributed by atoms with Gasteiger partial charge >= 0.3 is 0 Å². The molecular formula is C12H16N2O. The number of nitrogens with one attached hydrogen (secondary N) is 2. The average molecular weight is 204 g/mol. The lowest BCUT2D eigenvalue weighted by Crippen LogP contribution is -2.19. The molecule has 0 spiro atoms. The maximum atomic E-state index is 11.6. The molecule has 0 heterocycles. The largest absolute Gasteiger partial charge is 0.359 e. The zero-order chi connectivity index (χ0) is 11.4. The van der Waals surface area contributed by atoms with Crippen LogP contribution in [-0.4, -0.2) is 13.0 Å². The molecule has 0 aliphatic heterocycles. The highest BCUT2D eigenvalue weighted by atomic mass is 16.1. The van der Waals surface area contributed by atoms with Crippen molar-refractivity contribution in [2.75, 3.05) is 12.4 Å². The summed E-state index contributed by atoms with van der Waals surface area (Å²) in [7, 11) is 1.62. The van der Waals surface area contributed by atoms with Crippen molar-refractivity contribution >= 4 is 11.6 Å². The molecule has 80 valence electrons. The Morgan fingerprint density at radius 3 is 2.60 bits per heavy atom. The predicted molar refractivity (Wildman–Crippen MR) is 63.0 cm³/mol. The van der Waals surface area contributed by atoms with Crippen molar-refractivity contribution in [1.29, 1.82) is 0 Å². The van der Waals surface area contributed by atoms with E-state index in [1.54, 1.807) is 7.05 Å². The number of amides is 1. The van der Waals surface area contributed by atoms with E-state index in [2.05, 4.69) is 17.2 Å². The van der Waals surface area contributed by atoms with E-state index >= 15 is 0 Å². The van der Waals surface area contributed by atoms with Gasteiger partial charge < -0.3 is 10.6 Å². The first kappa shape index (κ1) is 11.3. The van der Waals surface area contributed by atoms with E-state index < -0.39 is 0 Å². The molecule has 0 aliphatic rings. The Balaban J connectivity index is 3.14. The van der Waals surface area contributed by atoms with Crippen LogP contribution in [-0.2, 0) is 0 Å². The molecule has 1 aromatic rings. The summed E-state index contributed by atoms with van der Waals surface area (Å²) < 4.78 is 0. The van der Waals surface area contributed by atoms with Crippen LogP contribution >= 0.6 is 0 Å². The van der Waals surface area contributed by atoms with Gasteiger partial charge in [0.1, 0.15) is 0 Å². The second-order valence-corrected chi connectivity index (χ2v) is 3.53. The van der Waals surface area contributed by atoms with Crippen molar-refractivity contribution in [2.24, 2.45) is 0 Å². The zero-order valence-electron chi connectivity index (χ0n) is 9.35. The standard InChI is InChI=1S/C12H16N2O/c1-8(2)14-11-6-5-9(3)7-10(11)12(15)13-4/h5-7,14H,1H2,2-4H3,(H,13,15). The Morgan fingerprint density at radius 2 is 2.07 bits per heavy atom. The number of anilines is 1. The highest BCUT2D eigenvalue weighted by Gasteiger charge is 2.09. The molecule has 0 saturated carbocycles. The summed E-state index contributed by atoms with van der Waals surface area (Å²) in [6.45, 7) is 7.57. The second-order valence-electron chi connectivity index (χ2n) is 3.53. The third-order valence-electron chi connectivity index (χ3n) is 1.99. The van der Waals surface area contributed by atoms with Crippen molar-refractivity contribution in [2.45, 2.75) is 13.8 Å². The minimum atomic E-state index is -0.0950. The van der Waals surface area contributed by atoms with Crippen LogP contribution < -0.4 is 10.6 Å². The fourth-order valence-corrected chi connectivity index (χ4v) is 1.32. The van der Waals surface area contributed by atoms with Crippen LogP contribution in [0.3, 0.4) is 0 Å². The van der Waals surface area contributed by atoms with Gasteiger partial charge in [-0.3, -0.25) is 4.79 Å². The Kier molecular flexibility index (Phi) is 3.50. The average Bonchev–Trinajstić information content (AvgIpc) is 2.19. The first-order chi connectivity index (χ1) is 7.04. The molecule has 3 nitrogen and oxygen atoms in total. The fraction of sp³-hybridized carbons (Fsp3) is 0.250. The summed E-state index contributed by atoms with van der Waals surface area (Å²) in [4.78, 5) is 11.6. The molecule has 15 heavy (non-hydrogen) atoms. The number of rotatable bonds is 3. The SMILES string of the molecule is C=C(C)Nc1ccc(C)cc1C(=O)NC. The molecule has 0 aliphatic carbocycles. The first-order valence-electron chi connectivity index (χ1n) is 4.80. The number of benzene rings is 1. The molecular weight excluding hydrogens is 188 g/mol. The van der Waals surface area contributed by atoms with Gasteiger partial charge in [-0.1, -0.05) is 18.2 Å². The molecule has 0 fully saturated rings. The molecule has 0 radical (unpaired) electrons. The number of carbonyl (C=O) groups is 1. The van der Waals surface area contributed by atoms with E-state index in [1.165, 1.54) is 0 Å². The van der Waals surface area contributed by atoms with E-state index in [0.29, 0.717) is 5.56 Å². The first-order valence-corrected chi connectivity index (χ1v) is 4.80. The second kappa shape index (κ2) is 4.64. The number of hydrogen-bond acceptors (Lipinski definition) is 2. The maximum Gasteiger partial charge on any atom is 0.253 e. The van der Waals surface area contributed by atoms with Gasteiger partial charge in [-0.25, -0.2) is 0 Å². The number of aryl methyl sites for hydroxylation is 1. The van der Waals surface area contributed by atoms with Crippen molar-refractivity contribution in [1.82, 2.24) is 5.32 Å². The van der Waals surface area contributed by atoms with Gasteiger partial charge in [0.25, 0.3) is 5.91 Å².